The van der Waals surface area contributed by atoms with E-state index < -0.39 is 6.10 Å². The van der Waals surface area contributed by atoms with Crippen molar-refractivity contribution in [2.45, 2.75) is 39.2 Å². The maximum absolute atomic E-state index is 11.9. The van der Waals surface area contributed by atoms with Gasteiger partial charge in [-0.2, -0.15) is 4.98 Å². The van der Waals surface area contributed by atoms with Gasteiger partial charge in [0.05, 0.1) is 12.3 Å². The van der Waals surface area contributed by atoms with E-state index in [2.05, 4.69) is 17.0 Å². The van der Waals surface area contributed by atoms with Crippen LogP contribution in [-0.4, -0.2) is 33.4 Å². The molecule has 0 saturated carbocycles. The highest BCUT2D eigenvalue weighted by atomic mass is 16.6. The highest BCUT2D eigenvalue weighted by Crippen LogP contribution is 2.13. The summed E-state index contributed by atoms with van der Waals surface area (Å²) < 4.78 is 12.3. The van der Waals surface area contributed by atoms with Crippen LogP contribution in [0.1, 0.15) is 33.1 Å². The molecule has 1 atom stereocenters. The van der Waals surface area contributed by atoms with Crippen LogP contribution in [0.25, 0.3) is 5.69 Å². The fourth-order valence-corrected chi connectivity index (χ4v) is 1.98. The van der Waals surface area contributed by atoms with Crippen LogP contribution in [0, 0.1) is 0 Å². The fraction of sp³-hybridized carbons (Fsp3) is 0.438. The van der Waals surface area contributed by atoms with Crippen LogP contribution in [0.15, 0.2) is 36.7 Å². The number of carbonyl (C=O) groups excluding carboxylic acids is 1. The minimum atomic E-state index is -0.661. The minimum Gasteiger partial charge on any atom is -0.463 e. The van der Waals surface area contributed by atoms with Crippen LogP contribution >= 0.6 is 0 Å². The lowest BCUT2D eigenvalue weighted by molar-refractivity contribution is -0.152. The first-order valence-electron chi connectivity index (χ1n) is 7.55. The van der Waals surface area contributed by atoms with Crippen molar-refractivity contribution in [3.8, 4) is 11.7 Å². The second-order valence-corrected chi connectivity index (χ2v) is 4.81. The van der Waals surface area contributed by atoms with Crippen LogP contribution in [0.2, 0.25) is 0 Å². The molecule has 1 heterocycles. The molecule has 1 aromatic heterocycles. The molecule has 6 heteroatoms. The zero-order valence-corrected chi connectivity index (χ0v) is 12.9. The van der Waals surface area contributed by atoms with Gasteiger partial charge in [-0.15, -0.1) is 5.10 Å². The van der Waals surface area contributed by atoms with E-state index in [0.717, 1.165) is 18.5 Å². The van der Waals surface area contributed by atoms with E-state index in [4.69, 9.17) is 9.47 Å². The standard InChI is InChI=1S/C16H21N3O3/c1-3-5-11-14(15(20)21-4-2)22-16-17-12-19(18-16)13-9-7-6-8-10-13/h6-10,12,14H,3-5,11H2,1-2H3. The minimum absolute atomic E-state index is 0.179. The van der Waals surface area contributed by atoms with Crippen molar-refractivity contribution in [2.75, 3.05) is 6.61 Å². The van der Waals surface area contributed by atoms with Crippen molar-refractivity contribution < 1.29 is 14.3 Å². The van der Waals surface area contributed by atoms with Crippen molar-refractivity contribution in [3.63, 3.8) is 0 Å². The zero-order valence-electron chi connectivity index (χ0n) is 12.9. The molecule has 2 rings (SSSR count). The number of unbranched alkanes of at least 4 members (excludes halogenated alkanes) is 1. The van der Waals surface area contributed by atoms with E-state index >= 15 is 0 Å². The van der Waals surface area contributed by atoms with Crippen LogP contribution in [0.4, 0.5) is 0 Å². The lowest BCUT2D eigenvalue weighted by atomic mass is 10.1. The first-order valence-corrected chi connectivity index (χ1v) is 7.55. The second-order valence-electron chi connectivity index (χ2n) is 4.81. The van der Waals surface area contributed by atoms with Gasteiger partial charge in [0.1, 0.15) is 6.33 Å². The summed E-state index contributed by atoms with van der Waals surface area (Å²) in [5.74, 6) is -0.369. The van der Waals surface area contributed by atoms with Gasteiger partial charge in [-0.05, 0) is 31.9 Å². The highest BCUT2D eigenvalue weighted by Gasteiger charge is 2.23. The molecule has 0 aliphatic rings. The molecular formula is C16H21N3O3. The number of para-hydroxylation sites is 1. The lowest BCUT2D eigenvalue weighted by Crippen LogP contribution is -2.30. The monoisotopic (exact) mass is 303 g/mol. The molecule has 0 saturated heterocycles. The van der Waals surface area contributed by atoms with E-state index in [9.17, 15) is 4.79 Å². The Kier molecular flexibility index (Phi) is 5.94. The average Bonchev–Trinajstić information content (AvgIpc) is 3.01. The number of hydrogen-bond acceptors (Lipinski definition) is 5. The van der Waals surface area contributed by atoms with Crippen LogP contribution in [0.5, 0.6) is 6.01 Å². The molecule has 0 aliphatic carbocycles. The summed E-state index contributed by atoms with van der Waals surface area (Å²) in [5.41, 5.74) is 0.881. The van der Waals surface area contributed by atoms with Gasteiger partial charge in [0, 0.05) is 0 Å². The third-order valence-electron chi connectivity index (χ3n) is 3.11. The molecule has 6 nitrogen and oxygen atoms in total. The summed E-state index contributed by atoms with van der Waals surface area (Å²) in [6.45, 7) is 4.17. The van der Waals surface area contributed by atoms with Gasteiger partial charge in [0.25, 0.3) is 0 Å². The lowest BCUT2D eigenvalue weighted by Gasteiger charge is -2.14. The highest BCUT2D eigenvalue weighted by molar-refractivity contribution is 5.74. The molecular weight excluding hydrogens is 282 g/mol. The van der Waals surface area contributed by atoms with Crippen LogP contribution in [-0.2, 0) is 9.53 Å². The van der Waals surface area contributed by atoms with Gasteiger partial charge in [-0.25, -0.2) is 9.48 Å². The number of ether oxygens (including phenoxy) is 2. The number of benzene rings is 1. The molecule has 118 valence electrons. The Morgan fingerprint density at radius 3 is 2.73 bits per heavy atom. The summed E-state index contributed by atoms with van der Waals surface area (Å²) in [4.78, 5) is 16.0. The molecule has 0 amide bonds. The molecule has 2 aromatic rings. The molecule has 0 fully saturated rings. The molecule has 0 spiro atoms. The maximum Gasteiger partial charge on any atom is 0.347 e. The molecule has 0 radical (unpaired) electrons. The van der Waals surface area contributed by atoms with Crippen LogP contribution in [0.3, 0.4) is 0 Å². The first-order chi connectivity index (χ1) is 10.7. The normalized spacial score (nSPS) is 11.9. The smallest absolute Gasteiger partial charge is 0.347 e. The molecule has 0 N–H and O–H groups in total. The number of aromatic nitrogens is 3. The van der Waals surface area contributed by atoms with Gasteiger partial charge in [-0.3, -0.25) is 0 Å². The molecule has 1 unspecified atom stereocenters. The SMILES string of the molecule is CCCCC(Oc1ncn(-c2ccccc2)n1)C(=O)OCC. The van der Waals surface area contributed by atoms with Gasteiger partial charge in [0.2, 0.25) is 0 Å². The van der Waals surface area contributed by atoms with Gasteiger partial charge < -0.3 is 9.47 Å². The van der Waals surface area contributed by atoms with Crippen molar-refractivity contribution in [1.29, 1.82) is 0 Å². The van der Waals surface area contributed by atoms with Crippen molar-refractivity contribution in [1.82, 2.24) is 14.8 Å². The van der Waals surface area contributed by atoms with Gasteiger partial charge in [0.15, 0.2) is 6.10 Å². The Bertz CT molecular complexity index is 583. The first kappa shape index (κ1) is 16.0. The zero-order chi connectivity index (χ0) is 15.8. The van der Waals surface area contributed by atoms with Crippen molar-refractivity contribution >= 4 is 5.97 Å². The molecule has 22 heavy (non-hydrogen) atoms. The van der Waals surface area contributed by atoms with Gasteiger partial charge >= 0.3 is 12.0 Å². The van der Waals surface area contributed by atoms with Crippen molar-refractivity contribution in [2.24, 2.45) is 0 Å². The quantitative estimate of drug-likeness (QED) is 0.702. The predicted octanol–water partition coefficient (Wildman–Crippen LogP) is 2.77. The second kappa shape index (κ2) is 8.17. The number of carbonyl (C=O) groups is 1. The van der Waals surface area contributed by atoms with Crippen molar-refractivity contribution in [3.05, 3.63) is 36.7 Å². The number of rotatable bonds is 8. The summed E-state index contributed by atoms with van der Waals surface area (Å²) in [6, 6.07) is 9.77. The topological polar surface area (TPSA) is 66.2 Å². The van der Waals surface area contributed by atoms with E-state index in [1.807, 2.05) is 30.3 Å². The summed E-state index contributed by atoms with van der Waals surface area (Å²) in [6.07, 6.45) is 3.35. The molecule has 0 bridgehead atoms. The number of hydrogen-bond donors (Lipinski definition) is 0. The van der Waals surface area contributed by atoms with Gasteiger partial charge in [-0.1, -0.05) is 31.5 Å². The summed E-state index contributed by atoms with van der Waals surface area (Å²) in [7, 11) is 0. The van der Waals surface area contributed by atoms with E-state index in [1.54, 1.807) is 17.9 Å². The van der Waals surface area contributed by atoms with E-state index in [0.29, 0.717) is 13.0 Å². The maximum atomic E-state index is 11.9. The Labute approximate surface area is 130 Å². The summed E-state index contributed by atoms with van der Waals surface area (Å²) >= 11 is 0. The van der Waals surface area contributed by atoms with E-state index in [-0.39, 0.29) is 12.0 Å². The molecule has 1 aromatic carbocycles. The average molecular weight is 303 g/mol. The molecule has 0 aliphatic heterocycles. The fourth-order valence-electron chi connectivity index (χ4n) is 1.98. The predicted molar refractivity (Wildman–Crippen MR) is 81.9 cm³/mol. The third kappa shape index (κ3) is 4.31. The number of nitrogens with zero attached hydrogens (tertiary/aromatic N) is 3. The third-order valence-corrected chi connectivity index (χ3v) is 3.11. The largest absolute Gasteiger partial charge is 0.463 e. The number of esters is 1. The Balaban J connectivity index is 2.06. The Hall–Kier alpha value is -2.37. The Morgan fingerprint density at radius 2 is 2.05 bits per heavy atom. The van der Waals surface area contributed by atoms with Crippen LogP contribution < -0.4 is 4.74 Å². The summed E-state index contributed by atoms with van der Waals surface area (Å²) in [5, 5.41) is 4.25. The Morgan fingerprint density at radius 1 is 1.27 bits per heavy atom. The van der Waals surface area contributed by atoms with E-state index in [1.165, 1.54) is 0 Å².